The number of hydrogen-bond acceptors (Lipinski definition) is 2. The van der Waals surface area contributed by atoms with Crippen LogP contribution < -0.4 is 5.32 Å². The lowest BCUT2D eigenvalue weighted by atomic mass is 10.3. The number of hydrogen-bond donors (Lipinski definition) is 1. The molecule has 5 heteroatoms. The first-order chi connectivity index (χ1) is 5.58. The molecule has 1 fully saturated rings. The quantitative estimate of drug-likeness (QED) is 0.673. The average molecular weight is 185 g/mol. The molecule has 1 saturated heterocycles. The first kappa shape index (κ1) is 11.7. The lowest BCUT2D eigenvalue weighted by Gasteiger charge is -2.11. The number of rotatable bonds is 1. The summed E-state index contributed by atoms with van der Waals surface area (Å²) in [6.07, 6.45) is -4.71. The summed E-state index contributed by atoms with van der Waals surface area (Å²) in [5.41, 5.74) is 0. The Morgan fingerprint density at radius 1 is 1.33 bits per heavy atom. The van der Waals surface area contributed by atoms with Crippen LogP contribution in [0.15, 0.2) is 0 Å². The topological polar surface area (TPSA) is 21.3 Å². The molecule has 0 aromatic heterocycles. The molecule has 0 radical (unpaired) electrons. The van der Waals surface area contributed by atoms with Gasteiger partial charge in [0.1, 0.15) is 0 Å². The number of nitrogens with one attached hydrogen (secondary N) is 1. The molecule has 0 bridgehead atoms. The van der Waals surface area contributed by atoms with E-state index in [2.05, 4.69) is 10.1 Å². The molecule has 0 amide bonds. The zero-order chi connectivity index (χ0) is 9.61. The van der Waals surface area contributed by atoms with E-state index in [1.807, 2.05) is 13.8 Å². The molecule has 0 aliphatic carbocycles. The maximum absolute atomic E-state index is 11.5. The van der Waals surface area contributed by atoms with Gasteiger partial charge in [-0.05, 0) is 13.0 Å². The first-order valence-electron chi connectivity index (χ1n) is 4.03. The van der Waals surface area contributed by atoms with Gasteiger partial charge in [-0.15, -0.1) is 13.2 Å². The minimum Gasteiger partial charge on any atom is -0.314 e. The molecule has 0 unspecified atom stereocenters. The van der Waals surface area contributed by atoms with Crippen LogP contribution >= 0.6 is 0 Å². The lowest BCUT2D eigenvalue weighted by Crippen LogP contribution is -2.25. The third kappa shape index (κ3) is 5.37. The number of halogens is 3. The molecule has 0 spiro atoms. The van der Waals surface area contributed by atoms with E-state index in [1.165, 1.54) is 0 Å². The van der Waals surface area contributed by atoms with Gasteiger partial charge in [0.15, 0.2) is 0 Å². The Labute approximate surface area is 70.1 Å². The van der Waals surface area contributed by atoms with Crippen molar-refractivity contribution in [3.8, 4) is 0 Å². The molecular weight excluding hydrogens is 171 g/mol. The fourth-order valence-corrected chi connectivity index (χ4v) is 0.918. The zero-order valence-electron chi connectivity index (χ0n) is 7.24. The van der Waals surface area contributed by atoms with Gasteiger partial charge in [-0.3, -0.25) is 4.74 Å². The highest BCUT2D eigenvalue weighted by molar-refractivity contribution is 4.70. The van der Waals surface area contributed by atoms with Crippen molar-refractivity contribution in [1.82, 2.24) is 5.32 Å². The molecule has 0 saturated carbocycles. The summed E-state index contributed by atoms with van der Waals surface area (Å²) in [5.74, 6) is 0. The van der Waals surface area contributed by atoms with Gasteiger partial charge in [0, 0.05) is 6.54 Å². The average Bonchev–Trinajstić information content (AvgIpc) is 2.41. The molecule has 1 heterocycles. The molecule has 1 atom stereocenters. The predicted molar refractivity (Wildman–Crippen MR) is 39.8 cm³/mol. The van der Waals surface area contributed by atoms with Crippen LogP contribution in [-0.2, 0) is 4.74 Å². The number of alkyl halides is 3. The van der Waals surface area contributed by atoms with E-state index >= 15 is 0 Å². The van der Waals surface area contributed by atoms with Gasteiger partial charge < -0.3 is 5.32 Å². The molecular formula is C7H14F3NO. The normalized spacial score (nSPS) is 23.2. The van der Waals surface area contributed by atoms with Crippen molar-refractivity contribution in [2.75, 3.05) is 13.1 Å². The van der Waals surface area contributed by atoms with Crippen LogP contribution in [0.25, 0.3) is 0 Å². The third-order valence-electron chi connectivity index (χ3n) is 1.32. The fourth-order valence-electron chi connectivity index (χ4n) is 0.918. The second-order valence-corrected chi connectivity index (χ2v) is 2.18. The Balaban J connectivity index is 0.000000561. The third-order valence-corrected chi connectivity index (χ3v) is 1.32. The molecule has 1 aliphatic heterocycles. The van der Waals surface area contributed by atoms with Crippen LogP contribution in [0.4, 0.5) is 13.2 Å². The Morgan fingerprint density at radius 3 is 2.25 bits per heavy atom. The van der Waals surface area contributed by atoms with E-state index in [9.17, 15) is 13.2 Å². The maximum Gasteiger partial charge on any atom is 0.522 e. The van der Waals surface area contributed by atoms with Crippen LogP contribution in [0.2, 0.25) is 0 Å². The highest BCUT2D eigenvalue weighted by Gasteiger charge is 2.34. The SMILES string of the molecule is CC.FC(F)(F)O[C@@H]1CCNC1. The van der Waals surface area contributed by atoms with E-state index in [-0.39, 0.29) is 0 Å². The van der Waals surface area contributed by atoms with Gasteiger partial charge in [0.05, 0.1) is 6.10 Å². The Morgan fingerprint density at radius 2 is 1.92 bits per heavy atom. The highest BCUT2D eigenvalue weighted by Crippen LogP contribution is 2.20. The molecule has 1 rings (SSSR count). The van der Waals surface area contributed by atoms with Crippen LogP contribution in [0.5, 0.6) is 0 Å². The molecule has 2 nitrogen and oxygen atoms in total. The molecule has 12 heavy (non-hydrogen) atoms. The minimum atomic E-state index is -4.48. The van der Waals surface area contributed by atoms with Crippen molar-refractivity contribution in [3.05, 3.63) is 0 Å². The second kappa shape index (κ2) is 5.37. The first-order valence-corrected chi connectivity index (χ1v) is 4.03. The molecule has 0 aromatic rings. The van der Waals surface area contributed by atoms with E-state index < -0.39 is 12.5 Å². The van der Waals surface area contributed by atoms with Gasteiger partial charge >= 0.3 is 6.36 Å². The second-order valence-electron chi connectivity index (χ2n) is 2.18. The monoisotopic (exact) mass is 185 g/mol. The van der Waals surface area contributed by atoms with Gasteiger partial charge in [-0.25, -0.2) is 0 Å². The summed E-state index contributed by atoms with van der Waals surface area (Å²) >= 11 is 0. The summed E-state index contributed by atoms with van der Waals surface area (Å²) in [6.45, 7) is 4.92. The predicted octanol–water partition coefficient (Wildman–Crippen LogP) is 1.91. The summed E-state index contributed by atoms with van der Waals surface area (Å²) in [4.78, 5) is 0. The fraction of sp³-hybridized carbons (Fsp3) is 1.00. The van der Waals surface area contributed by atoms with Crippen molar-refractivity contribution in [3.63, 3.8) is 0 Å². The summed E-state index contributed by atoms with van der Waals surface area (Å²) in [7, 11) is 0. The standard InChI is InChI=1S/C5H8F3NO.C2H6/c6-5(7,8)10-4-1-2-9-3-4;1-2/h4,9H,1-3H2;1-2H3/t4-;/m1./s1. The smallest absolute Gasteiger partial charge is 0.314 e. The Hall–Kier alpha value is -0.290. The van der Waals surface area contributed by atoms with E-state index in [0.29, 0.717) is 19.5 Å². The van der Waals surface area contributed by atoms with Crippen molar-refractivity contribution in [2.24, 2.45) is 0 Å². The molecule has 1 aliphatic rings. The van der Waals surface area contributed by atoms with E-state index in [1.54, 1.807) is 0 Å². The lowest BCUT2D eigenvalue weighted by molar-refractivity contribution is -0.339. The maximum atomic E-state index is 11.5. The summed E-state index contributed by atoms with van der Waals surface area (Å²) < 4.78 is 38.1. The Bertz CT molecular complexity index is 110. The van der Waals surface area contributed by atoms with Crippen molar-refractivity contribution < 1.29 is 17.9 Å². The summed E-state index contributed by atoms with van der Waals surface area (Å²) in [6, 6.07) is 0. The Kier molecular flexibility index (Phi) is 5.24. The van der Waals surface area contributed by atoms with Gasteiger partial charge in [-0.1, -0.05) is 13.8 Å². The van der Waals surface area contributed by atoms with Crippen molar-refractivity contribution in [1.29, 1.82) is 0 Å². The van der Waals surface area contributed by atoms with Crippen LogP contribution in [0.1, 0.15) is 20.3 Å². The molecule has 0 aromatic carbocycles. The van der Waals surface area contributed by atoms with Crippen LogP contribution in [0, 0.1) is 0 Å². The van der Waals surface area contributed by atoms with Gasteiger partial charge in [0.2, 0.25) is 0 Å². The largest absolute Gasteiger partial charge is 0.522 e. The number of ether oxygens (including phenoxy) is 1. The molecule has 74 valence electrons. The van der Waals surface area contributed by atoms with Crippen LogP contribution in [0.3, 0.4) is 0 Å². The van der Waals surface area contributed by atoms with Crippen molar-refractivity contribution >= 4 is 0 Å². The molecule has 1 N–H and O–H groups in total. The van der Waals surface area contributed by atoms with Crippen LogP contribution in [-0.4, -0.2) is 25.6 Å². The highest BCUT2D eigenvalue weighted by atomic mass is 19.4. The summed E-state index contributed by atoms with van der Waals surface area (Å²) in [5, 5.41) is 2.77. The van der Waals surface area contributed by atoms with E-state index in [4.69, 9.17) is 0 Å². The zero-order valence-corrected chi connectivity index (χ0v) is 7.24. The van der Waals surface area contributed by atoms with E-state index in [0.717, 1.165) is 0 Å². The van der Waals surface area contributed by atoms with Gasteiger partial charge in [0.25, 0.3) is 0 Å². The minimum absolute atomic E-state index is 0.305. The van der Waals surface area contributed by atoms with Gasteiger partial charge in [-0.2, -0.15) is 0 Å². The van der Waals surface area contributed by atoms with Crippen molar-refractivity contribution in [2.45, 2.75) is 32.7 Å².